The summed E-state index contributed by atoms with van der Waals surface area (Å²) in [5.41, 5.74) is 0. The Balaban J connectivity index is 1.62. The minimum Gasteiger partial charge on any atom is -0.356 e. The van der Waals surface area contributed by atoms with Gasteiger partial charge >= 0.3 is 6.03 Å². The molecular formula is C11H15N5O3. The van der Waals surface area contributed by atoms with Gasteiger partial charge in [0.25, 0.3) is 5.91 Å². The van der Waals surface area contributed by atoms with Crippen LogP contribution in [0, 0.1) is 0 Å². The fourth-order valence-electron chi connectivity index (χ4n) is 1.76. The van der Waals surface area contributed by atoms with E-state index >= 15 is 0 Å². The van der Waals surface area contributed by atoms with Crippen LogP contribution in [-0.4, -0.2) is 40.2 Å². The van der Waals surface area contributed by atoms with Crippen LogP contribution in [0.4, 0.5) is 4.79 Å². The molecule has 8 heteroatoms. The first-order valence-electron chi connectivity index (χ1n) is 6.00. The standard InChI is InChI=1S/C11H15N5O3/c17-9(7-8-10(18)15-11(19)14-8)12-3-1-5-16-6-2-4-13-16/h2,4,6,8H,1,3,5,7H2,(H,12,17)(H2,14,15,18,19). The van der Waals surface area contributed by atoms with Crippen molar-refractivity contribution in [1.82, 2.24) is 25.7 Å². The van der Waals surface area contributed by atoms with Gasteiger partial charge in [0, 0.05) is 25.5 Å². The molecule has 1 aromatic heterocycles. The van der Waals surface area contributed by atoms with Crippen LogP contribution in [0.15, 0.2) is 18.5 Å². The zero-order valence-corrected chi connectivity index (χ0v) is 10.3. The maximum atomic E-state index is 11.5. The lowest BCUT2D eigenvalue weighted by molar-refractivity contribution is -0.126. The molecule has 102 valence electrons. The van der Waals surface area contributed by atoms with E-state index in [0.717, 1.165) is 6.42 Å². The van der Waals surface area contributed by atoms with Gasteiger partial charge in [-0.15, -0.1) is 0 Å². The average Bonchev–Trinajstić information content (AvgIpc) is 2.96. The molecule has 0 radical (unpaired) electrons. The summed E-state index contributed by atoms with van der Waals surface area (Å²) in [6.07, 6.45) is 4.25. The van der Waals surface area contributed by atoms with Crippen LogP contribution in [0.3, 0.4) is 0 Å². The molecule has 0 saturated carbocycles. The first kappa shape index (κ1) is 13.1. The Kier molecular flexibility index (Phi) is 4.11. The summed E-state index contributed by atoms with van der Waals surface area (Å²) in [5.74, 6) is -0.723. The number of carbonyl (C=O) groups excluding carboxylic acids is 3. The van der Waals surface area contributed by atoms with Crippen LogP contribution < -0.4 is 16.0 Å². The van der Waals surface area contributed by atoms with Crippen molar-refractivity contribution in [2.45, 2.75) is 25.4 Å². The number of nitrogens with zero attached hydrogens (tertiary/aromatic N) is 2. The molecule has 1 saturated heterocycles. The summed E-state index contributed by atoms with van der Waals surface area (Å²) < 4.78 is 1.77. The van der Waals surface area contributed by atoms with Crippen molar-refractivity contribution < 1.29 is 14.4 Å². The molecule has 0 aliphatic carbocycles. The number of hydrogen-bond donors (Lipinski definition) is 3. The highest BCUT2D eigenvalue weighted by Gasteiger charge is 2.30. The summed E-state index contributed by atoms with van der Waals surface area (Å²) in [6.45, 7) is 1.22. The number of carbonyl (C=O) groups is 3. The third kappa shape index (κ3) is 3.80. The number of nitrogens with one attached hydrogen (secondary N) is 3. The van der Waals surface area contributed by atoms with Gasteiger partial charge in [-0.3, -0.25) is 19.6 Å². The molecule has 1 aliphatic heterocycles. The van der Waals surface area contributed by atoms with Gasteiger partial charge in [0.15, 0.2) is 0 Å². The molecule has 1 aliphatic rings. The Morgan fingerprint density at radius 1 is 1.47 bits per heavy atom. The third-order valence-electron chi connectivity index (χ3n) is 2.69. The van der Waals surface area contributed by atoms with Crippen molar-refractivity contribution in [3.8, 4) is 0 Å². The van der Waals surface area contributed by atoms with Gasteiger partial charge in [-0.25, -0.2) is 4.79 Å². The first-order chi connectivity index (χ1) is 9.15. The third-order valence-corrected chi connectivity index (χ3v) is 2.69. The lowest BCUT2D eigenvalue weighted by Crippen LogP contribution is -2.36. The summed E-state index contributed by atoms with van der Waals surface area (Å²) in [7, 11) is 0. The molecule has 1 atom stereocenters. The number of imide groups is 1. The fourth-order valence-corrected chi connectivity index (χ4v) is 1.76. The second kappa shape index (κ2) is 5.98. The zero-order chi connectivity index (χ0) is 13.7. The maximum Gasteiger partial charge on any atom is 0.322 e. The lowest BCUT2D eigenvalue weighted by atomic mass is 10.2. The van der Waals surface area contributed by atoms with Crippen molar-refractivity contribution in [3.05, 3.63) is 18.5 Å². The topological polar surface area (TPSA) is 105 Å². The van der Waals surface area contributed by atoms with Crippen molar-refractivity contribution in [2.24, 2.45) is 0 Å². The number of urea groups is 1. The first-order valence-corrected chi connectivity index (χ1v) is 6.00. The molecule has 0 aromatic carbocycles. The highest BCUT2D eigenvalue weighted by molar-refractivity contribution is 6.05. The molecule has 1 fully saturated rings. The van der Waals surface area contributed by atoms with Crippen molar-refractivity contribution in [3.63, 3.8) is 0 Å². The van der Waals surface area contributed by atoms with Gasteiger partial charge in [-0.2, -0.15) is 5.10 Å². The van der Waals surface area contributed by atoms with E-state index in [9.17, 15) is 14.4 Å². The van der Waals surface area contributed by atoms with E-state index < -0.39 is 18.0 Å². The lowest BCUT2D eigenvalue weighted by Gasteiger charge is -2.08. The SMILES string of the molecule is O=C(CC1NC(=O)NC1=O)NCCCn1cccn1. The number of amides is 4. The van der Waals surface area contributed by atoms with E-state index in [0.29, 0.717) is 13.1 Å². The maximum absolute atomic E-state index is 11.5. The van der Waals surface area contributed by atoms with Crippen LogP contribution in [0.25, 0.3) is 0 Å². The Bertz CT molecular complexity index is 471. The highest BCUT2D eigenvalue weighted by Crippen LogP contribution is 1.98. The molecule has 8 nitrogen and oxygen atoms in total. The van der Waals surface area contributed by atoms with E-state index in [4.69, 9.17) is 0 Å². The van der Waals surface area contributed by atoms with Crippen LogP contribution in [0.1, 0.15) is 12.8 Å². The molecule has 2 heterocycles. The molecule has 4 amide bonds. The average molecular weight is 265 g/mol. The van der Waals surface area contributed by atoms with Gasteiger partial charge in [0.2, 0.25) is 5.91 Å². The van der Waals surface area contributed by atoms with E-state index in [1.165, 1.54) is 0 Å². The van der Waals surface area contributed by atoms with Crippen LogP contribution in [0.2, 0.25) is 0 Å². The van der Waals surface area contributed by atoms with Crippen LogP contribution in [-0.2, 0) is 16.1 Å². The number of aryl methyl sites for hydroxylation is 1. The highest BCUT2D eigenvalue weighted by atomic mass is 16.2. The number of aromatic nitrogens is 2. The quantitative estimate of drug-likeness (QED) is 0.452. The minimum atomic E-state index is -0.765. The molecule has 0 bridgehead atoms. The monoisotopic (exact) mass is 265 g/mol. The second-order valence-electron chi connectivity index (χ2n) is 4.19. The smallest absolute Gasteiger partial charge is 0.322 e. The Labute approximate surface area is 109 Å². The number of hydrogen-bond acceptors (Lipinski definition) is 4. The Morgan fingerprint density at radius 3 is 2.95 bits per heavy atom. The predicted octanol–water partition coefficient (Wildman–Crippen LogP) is -1.01. The summed E-state index contributed by atoms with van der Waals surface area (Å²) in [4.78, 5) is 33.6. The van der Waals surface area contributed by atoms with Gasteiger partial charge in [-0.05, 0) is 12.5 Å². The minimum absolute atomic E-state index is 0.0423. The van der Waals surface area contributed by atoms with Crippen molar-refractivity contribution in [1.29, 1.82) is 0 Å². The zero-order valence-electron chi connectivity index (χ0n) is 10.3. The van der Waals surface area contributed by atoms with E-state index in [1.54, 1.807) is 10.9 Å². The molecule has 19 heavy (non-hydrogen) atoms. The molecule has 3 N–H and O–H groups in total. The van der Waals surface area contributed by atoms with Crippen LogP contribution in [0.5, 0.6) is 0 Å². The van der Waals surface area contributed by atoms with Crippen molar-refractivity contribution >= 4 is 17.8 Å². The van der Waals surface area contributed by atoms with Gasteiger partial charge in [0.1, 0.15) is 6.04 Å². The molecule has 0 spiro atoms. The Morgan fingerprint density at radius 2 is 2.32 bits per heavy atom. The summed E-state index contributed by atoms with van der Waals surface area (Å²) in [6, 6.07) is 0.514. The van der Waals surface area contributed by atoms with Crippen LogP contribution >= 0.6 is 0 Å². The molecule has 1 aromatic rings. The van der Waals surface area contributed by atoms with E-state index in [-0.39, 0.29) is 12.3 Å². The van der Waals surface area contributed by atoms with E-state index in [1.807, 2.05) is 12.3 Å². The summed E-state index contributed by atoms with van der Waals surface area (Å²) >= 11 is 0. The fraction of sp³-hybridized carbons (Fsp3) is 0.455. The normalized spacial score (nSPS) is 18.0. The summed E-state index contributed by atoms with van der Waals surface area (Å²) in [5, 5.41) is 11.2. The predicted molar refractivity (Wildman–Crippen MR) is 64.9 cm³/mol. The van der Waals surface area contributed by atoms with Gasteiger partial charge in [0.05, 0.1) is 6.42 Å². The van der Waals surface area contributed by atoms with Crippen molar-refractivity contribution in [2.75, 3.05) is 6.54 Å². The molecule has 1 unspecified atom stereocenters. The second-order valence-corrected chi connectivity index (χ2v) is 4.19. The largest absolute Gasteiger partial charge is 0.356 e. The Hall–Kier alpha value is -2.38. The molecular weight excluding hydrogens is 250 g/mol. The van der Waals surface area contributed by atoms with Gasteiger partial charge in [-0.1, -0.05) is 0 Å². The number of rotatable bonds is 6. The van der Waals surface area contributed by atoms with Gasteiger partial charge < -0.3 is 10.6 Å². The van der Waals surface area contributed by atoms with E-state index in [2.05, 4.69) is 21.0 Å². The molecule has 2 rings (SSSR count).